The normalized spacial score (nSPS) is 22.6. The maximum absolute atomic E-state index is 13.6. The van der Waals surface area contributed by atoms with Crippen LogP contribution in [0.3, 0.4) is 0 Å². The molecule has 206 valence electrons. The summed E-state index contributed by atoms with van der Waals surface area (Å²) < 4.78 is 0. The number of nitrogens with zero attached hydrogens (tertiary/aromatic N) is 1. The smallest absolute Gasteiger partial charge is 0.249 e. The number of allylic oxidation sites excluding steroid dienone is 2. The van der Waals surface area contributed by atoms with Crippen molar-refractivity contribution >= 4 is 11.8 Å². The monoisotopic (exact) mass is 503 g/mol. The Bertz CT molecular complexity index is 763. The van der Waals surface area contributed by atoms with Crippen molar-refractivity contribution < 1.29 is 14.7 Å². The lowest BCUT2D eigenvalue weighted by atomic mass is 9.62. The Morgan fingerprint density at radius 3 is 2.36 bits per heavy atom. The molecule has 2 aliphatic rings. The molecular formula is C30H53N3O3. The third-order valence-electron chi connectivity index (χ3n) is 8.07. The number of aliphatic hydroxyl groups is 1. The molecular weight excluding hydrogens is 450 g/mol. The number of amides is 2. The average molecular weight is 504 g/mol. The molecule has 2 rings (SSSR count). The van der Waals surface area contributed by atoms with E-state index in [4.69, 9.17) is 5.73 Å². The fourth-order valence-corrected chi connectivity index (χ4v) is 6.19. The standard InChI is InChI=1S/C30H53N3O3/c1-6-15-33(16-7-2)28(35)25-17-23(5)19-30(20-25,29(31)36)26(18-24-11-9-8-10-12-24)27(34)21-32-14-13-22(3)4/h17,19,22,24,26-27,32,34H,6-16,18,20-21H2,1-5H3,(H2,31,36)/t26-,27+,30?/m1/s1. The van der Waals surface area contributed by atoms with Gasteiger partial charge in [-0.05, 0) is 57.4 Å². The molecule has 0 aliphatic heterocycles. The molecule has 0 heterocycles. The van der Waals surface area contributed by atoms with Gasteiger partial charge in [-0.3, -0.25) is 9.59 Å². The number of hydrogen-bond acceptors (Lipinski definition) is 4. The molecule has 0 aromatic rings. The van der Waals surface area contributed by atoms with Crippen LogP contribution in [-0.2, 0) is 9.59 Å². The Hall–Kier alpha value is -1.66. The minimum Gasteiger partial charge on any atom is -0.391 e. The van der Waals surface area contributed by atoms with Crippen LogP contribution in [0.5, 0.6) is 0 Å². The predicted octanol–water partition coefficient (Wildman–Crippen LogP) is 4.97. The van der Waals surface area contributed by atoms with Crippen LogP contribution < -0.4 is 11.1 Å². The van der Waals surface area contributed by atoms with Crippen LogP contribution in [0.25, 0.3) is 0 Å². The number of carbonyl (C=O) groups is 2. The van der Waals surface area contributed by atoms with Crippen LogP contribution in [0.2, 0.25) is 0 Å². The quantitative estimate of drug-likeness (QED) is 0.275. The van der Waals surface area contributed by atoms with E-state index in [1.165, 1.54) is 19.3 Å². The molecule has 0 radical (unpaired) electrons. The van der Waals surface area contributed by atoms with Gasteiger partial charge in [-0.15, -0.1) is 0 Å². The van der Waals surface area contributed by atoms with Crippen LogP contribution in [0.4, 0.5) is 0 Å². The Kier molecular flexibility index (Phi) is 12.7. The lowest BCUT2D eigenvalue weighted by Gasteiger charge is -2.43. The molecule has 0 spiro atoms. The zero-order chi connectivity index (χ0) is 26.7. The zero-order valence-corrected chi connectivity index (χ0v) is 23.7. The van der Waals surface area contributed by atoms with Gasteiger partial charge in [-0.2, -0.15) is 0 Å². The summed E-state index contributed by atoms with van der Waals surface area (Å²) in [6.45, 7) is 13.1. The summed E-state index contributed by atoms with van der Waals surface area (Å²) >= 11 is 0. The number of primary amides is 1. The van der Waals surface area contributed by atoms with Gasteiger partial charge in [0, 0.05) is 31.1 Å². The molecule has 1 unspecified atom stereocenters. The maximum atomic E-state index is 13.6. The van der Waals surface area contributed by atoms with E-state index < -0.39 is 17.4 Å². The van der Waals surface area contributed by atoms with E-state index in [1.807, 2.05) is 24.0 Å². The molecule has 36 heavy (non-hydrogen) atoms. The second kappa shape index (κ2) is 14.9. The molecule has 2 amide bonds. The topological polar surface area (TPSA) is 95.7 Å². The van der Waals surface area contributed by atoms with Crippen molar-refractivity contribution in [3.05, 3.63) is 23.3 Å². The molecule has 6 nitrogen and oxygen atoms in total. The Morgan fingerprint density at radius 1 is 1.17 bits per heavy atom. The van der Waals surface area contributed by atoms with E-state index in [0.29, 0.717) is 37.0 Å². The summed E-state index contributed by atoms with van der Waals surface area (Å²) in [5.74, 6) is 0.293. The maximum Gasteiger partial charge on any atom is 0.249 e. The van der Waals surface area contributed by atoms with Crippen molar-refractivity contribution in [2.24, 2.45) is 28.9 Å². The van der Waals surface area contributed by atoms with E-state index in [9.17, 15) is 14.7 Å². The van der Waals surface area contributed by atoms with Crippen LogP contribution >= 0.6 is 0 Å². The summed E-state index contributed by atoms with van der Waals surface area (Å²) in [4.78, 5) is 28.8. The number of nitrogens with two attached hydrogens (primary N) is 1. The highest BCUT2D eigenvalue weighted by Crippen LogP contribution is 2.47. The average Bonchev–Trinajstić information content (AvgIpc) is 2.84. The molecule has 0 bridgehead atoms. The molecule has 1 saturated carbocycles. The minimum absolute atomic E-state index is 0.00209. The summed E-state index contributed by atoms with van der Waals surface area (Å²) in [5, 5.41) is 15.0. The van der Waals surface area contributed by atoms with Crippen LogP contribution in [-0.4, -0.2) is 54.1 Å². The van der Waals surface area contributed by atoms with Gasteiger partial charge in [-0.25, -0.2) is 0 Å². The molecule has 3 atom stereocenters. The third kappa shape index (κ3) is 8.44. The van der Waals surface area contributed by atoms with Gasteiger partial charge in [0.2, 0.25) is 11.8 Å². The minimum atomic E-state index is -1.06. The third-order valence-corrected chi connectivity index (χ3v) is 8.07. The largest absolute Gasteiger partial charge is 0.391 e. The predicted molar refractivity (Wildman–Crippen MR) is 148 cm³/mol. The number of carbonyl (C=O) groups excluding carboxylic acids is 2. The highest BCUT2D eigenvalue weighted by atomic mass is 16.3. The molecule has 1 fully saturated rings. The summed E-state index contributed by atoms with van der Waals surface area (Å²) in [5.41, 5.74) is 6.65. The van der Waals surface area contributed by atoms with E-state index in [2.05, 4.69) is 33.0 Å². The summed E-state index contributed by atoms with van der Waals surface area (Å²) in [6.07, 6.45) is 12.9. The first-order valence-corrected chi connectivity index (χ1v) is 14.5. The fourth-order valence-electron chi connectivity index (χ4n) is 6.19. The number of aliphatic hydroxyl groups excluding tert-OH is 1. The van der Waals surface area contributed by atoms with E-state index in [1.54, 1.807) is 0 Å². The van der Waals surface area contributed by atoms with E-state index in [0.717, 1.165) is 50.6 Å². The Balaban J connectivity index is 2.37. The van der Waals surface area contributed by atoms with Gasteiger partial charge >= 0.3 is 0 Å². The summed E-state index contributed by atoms with van der Waals surface area (Å²) in [7, 11) is 0. The fraction of sp³-hybridized carbons (Fsp3) is 0.800. The lowest BCUT2D eigenvalue weighted by molar-refractivity contribution is -0.132. The molecule has 6 heteroatoms. The van der Waals surface area contributed by atoms with Crippen molar-refractivity contribution in [1.29, 1.82) is 0 Å². The van der Waals surface area contributed by atoms with Gasteiger partial charge in [0.05, 0.1) is 11.5 Å². The number of hydrogen-bond donors (Lipinski definition) is 3. The van der Waals surface area contributed by atoms with Crippen LogP contribution in [0.15, 0.2) is 23.3 Å². The van der Waals surface area contributed by atoms with Crippen molar-refractivity contribution in [2.45, 2.75) is 105 Å². The Labute approximate surface area is 220 Å². The molecule has 2 aliphatic carbocycles. The SMILES string of the molecule is CCCN(CCC)C(=O)C1=CC(C)=CC(C(N)=O)([C@H](CC2CCCCC2)[C@@H](O)CNCCC(C)C)C1. The van der Waals surface area contributed by atoms with Gasteiger partial charge in [0.25, 0.3) is 0 Å². The van der Waals surface area contributed by atoms with E-state index in [-0.39, 0.29) is 18.2 Å². The van der Waals surface area contributed by atoms with E-state index >= 15 is 0 Å². The van der Waals surface area contributed by atoms with Crippen LogP contribution in [0, 0.1) is 23.2 Å². The van der Waals surface area contributed by atoms with Crippen molar-refractivity contribution in [1.82, 2.24) is 10.2 Å². The first kappa shape index (κ1) is 30.6. The second-order valence-corrected chi connectivity index (χ2v) is 11.7. The highest BCUT2D eigenvalue weighted by molar-refractivity contribution is 5.96. The number of nitrogens with one attached hydrogen (secondary N) is 1. The molecule has 4 N–H and O–H groups in total. The van der Waals surface area contributed by atoms with Crippen molar-refractivity contribution in [2.75, 3.05) is 26.2 Å². The number of rotatable bonds is 15. The van der Waals surface area contributed by atoms with Crippen molar-refractivity contribution in [3.8, 4) is 0 Å². The van der Waals surface area contributed by atoms with Gasteiger partial charge in [0.15, 0.2) is 0 Å². The van der Waals surface area contributed by atoms with Gasteiger partial charge < -0.3 is 21.1 Å². The van der Waals surface area contributed by atoms with Gasteiger partial charge in [-0.1, -0.05) is 77.5 Å². The van der Waals surface area contributed by atoms with Crippen LogP contribution in [0.1, 0.15) is 98.8 Å². The first-order chi connectivity index (χ1) is 17.1. The first-order valence-electron chi connectivity index (χ1n) is 14.5. The van der Waals surface area contributed by atoms with Gasteiger partial charge in [0.1, 0.15) is 0 Å². The molecule has 0 aromatic carbocycles. The lowest BCUT2D eigenvalue weighted by Crippen LogP contribution is -2.51. The van der Waals surface area contributed by atoms with Crippen molar-refractivity contribution in [3.63, 3.8) is 0 Å². The summed E-state index contributed by atoms with van der Waals surface area (Å²) in [6, 6.07) is 0. The zero-order valence-electron chi connectivity index (χ0n) is 23.7. The second-order valence-electron chi connectivity index (χ2n) is 11.7. The molecule has 0 saturated heterocycles. The highest BCUT2D eigenvalue weighted by Gasteiger charge is 2.49. The molecule has 0 aromatic heterocycles. The Morgan fingerprint density at radius 2 is 1.81 bits per heavy atom.